The first-order valence-corrected chi connectivity index (χ1v) is 9.19. The molecule has 1 unspecified atom stereocenters. The minimum atomic E-state index is -1.07. The van der Waals surface area contributed by atoms with Crippen molar-refractivity contribution >= 4 is 17.9 Å². The molecule has 2 rings (SSSR count). The Labute approximate surface area is 167 Å². The first-order chi connectivity index (χ1) is 13.8. The van der Waals surface area contributed by atoms with Crippen molar-refractivity contribution in [2.24, 2.45) is 0 Å². The van der Waals surface area contributed by atoms with Crippen LogP contribution in [0, 0.1) is 0 Å². The van der Waals surface area contributed by atoms with Crippen molar-refractivity contribution in [3.63, 3.8) is 0 Å². The molecule has 0 aliphatic carbocycles. The number of nitrogens with zero attached hydrogens (tertiary/aromatic N) is 4. The monoisotopic (exact) mass is 410 g/mol. The van der Waals surface area contributed by atoms with E-state index in [9.17, 15) is 34.8 Å². The van der Waals surface area contributed by atoms with E-state index in [1.54, 1.807) is 32.9 Å². The van der Waals surface area contributed by atoms with Crippen molar-refractivity contribution in [1.29, 1.82) is 0 Å². The summed E-state index contributed by atoms with van der Waals surface area (Å²) in [5.41, 5.74) is 1.06. The molecule has 2 bridgehead atoms. The molecule has 2 heterocycles. The number of aromatic nitrogens is 1. The van der Waals surface area contributed by atoms with Gasteiger partial charge in [-0.2, -0.15) is 0 Å². The van der Waals surface area contributed by atoms with E-state index in [0.717, 1.165) is 0 Å². The summed E-state index contributed by atoms with van der Waals surface area (Å²) in [6, 6.07) is 4.47. The second kappa shape index (κ2) is 10.8. The maximum absolute atomic E-state index is 11.3. The molecule has 11 nitrogen and oxygen atoms in total. The predicted octanol–water partition coefficient (Wildman–Crippen LogP) is -1.21. The highest BCUT2D eigenvalue weighted by Gasteiger charge is 2.26. The summed E-state index contributed by atoms with van der Waals surface area (Å²) in [4.78, 5) is 43.1. The Kier molecular flexibility index (Phi) is 8.46. The van der Waals surface area contributed by atoms with Gasteiger partial charge in [0.15, 0.2) is 0 Å². The zero-order chi connectivity index (χ0) is 21.4. The van der Waals surface area contributed by atoms with Gasteiger partial charge in [0.05, 0.1) is 43.7 Å². The van der Waals surface area contributed by atoms with Gasteiger partial charge in [0, 0.05) is 32.7 Å². The molecule has 11 heteroatoms. The lowest BCUT2D eigenvalue weighted by molar-refractivity contribution is -0.141. The third kappa shape index (κ3) is 7.38. The lowest BCUT2D eigenvalue weighted by atomic mass is 10.1. The zero-order valence-electron chi connectivity index (χ0n) is 16.0. The molecule has 1 aromatic heterocycles. The van der Waals surface area contributed by atoms with Crippen LogP contribution in [0.25, 0.3) is 0 Å². The molecule has 29 heavy (non-hydrogen) atoms. The Balaban J connectivity index is 2.37. The number of aliphatic hydroxyl groups is 1. The first-order valence-electron chi connectivity index (χ1n) is 9.19. The smallest absolute Gasteiger partial charge is 0.317 e. The second-order valence-electron chi connectivity index (χ2n) is 6.89. The van der Waals surface area contributed by atoms with E-state index in [1.807, 2.05) is 0 Å². The molecule has 1 atom stereocenters. The highest BCUT2D eigenvalue weighted by atomic mass is 16.4. The van der Waals surface area contributed by atoms with Crippen molar-refractivity contribution in [1.82, 2.24) is 19.7 Å². The number of aliphatic hydroxyl groups excluding tert-OH is 1. The molecule has 0 spiro atoms. The van der Waals surface area contributed by atoms with Crippen molar-refractivity contribution < 1.29 is 34.8 Å². The lowest BCUT2D eigenvalue weighted by Crippen LogP contribution is -2.45. The summed E-state index contributed by atoms with van der Waals surface area (Å²) >= 11 is 0. The van der Waals surface area contributed by atoms with E-state index >= 15 is 0 Å². The van der Waals surface area contributed by atoms with Crippen LogP contribution < -0.4 is 0 Å². The molecule has 0 saturated carbocycles. The van der Waals surface area contributed by atoms with Gasteiger partial charge in [0.1, 0.15) is 0 Å². The lowest BCUT2D eigenvalue weighted by Gasteiger charge is -2.33. The Morgan fingerprint density at radius 1 is 0.897 bits per heavy atom. The number of hydrogen-bond acceptors (Lipinski definition) is 8. The number of pyridine rings is 1. The Hall–Kier alpha value is -2.60. The number of carboxylic acids is 3. The predicted molar refractivity (Wildman–Crippen MR) is 100 cm³/mol. The molecule has 4 N–H and O–H groups in total. The third-order valence-electron chi connectivity index (χ3n) is 4.66. The topological polar surface area (TPSA) is 155 Å². The second-order valence-corrected chi connectivity index (χ2v) is 6.89. The van der Waals surface area contributed by atoms with Gasteiger partial charge in [-0.15, -0.1) is 0 Å². The molecule has 0 aromatic carbocycles. The van der Waals surface area contributed by atoms with Gasteiger partial charge < -0.3 is 20.4 Å². The van der Waals surface area contributed by atoms with Crippen LogP contribution in [0.4, 0.5) is 0 Å². The van der Waals surface area contributed by atoms with Crippen molar-refractivity contribution in [2.75, 3.05) is 52.4 Å². The number of carbonyl (C=O) groups is 3. The number of aliphatic carboxylic acids is 3. The summed E-state index contributed by atoms with van der Waals surface area (Å²) in [6.45, 7) is 0.128. The minimum Gasteiger partial charge on any atom is -0.480 e. The third-order valence-corrected chi connectivity index (χ3v) is 4.66. The Morgan fingerprint density at radius 2 is 1.48 bits per heavy atom. The Bertz CT molecular complexity index is 730. The molecular formula is C18H26N4O7. The van der Waals surface area contributed by atoms with Gasteiger partial charge in [0.25, 0.3) is 0 Å². The van der Waals surface area contributed by atoms with Crippen LogP contribution in [0.5, 0.6) is 0 Å². The highest BCUT2D eigenvalue weighted by Crippen LogP contribution is 2.20. The Morgan fingerprint density at radius 3 is 2.10 bits per heavy atom. The fourth-order valence-electron chi connectivity index (χ4n) is 3.33. The molecule has 1 aliphatic heterocycles. The van der Waals surface area contributed by atoms with E-state index in [1.165, 1.54) is 0 Å². The van der Waals surface area contributed by atoms with Crippen LogP contribution in [0.1, 0.15) is 17.4 Å². The summed E-state index contributed by atoms with van der Waals surface area (Å²) in [5.74, 6) is -3.10. The van der Waals surface area contributed by atoms with Crippen LogP contribution in [0.2, 0.25) is 0 Å². The standard InChI is InChI=1S/C18H26N4O7/c23-12-15-14-3-1-2-13(19-14)8-21(10-17(26)27)5-4-20(9-16(24)25)6-7-22(15)11-18(28)29/h1-3,15,23H,4-12H2,(H,24,25)(H,26,27)(H,28,29). The number of fused-ring (bicyclic) bond motifs is 2. The van der Waals surface area contributed by atoms with Crippen molar-refractivity contribution in [3.8, 4) is 0 Å². The van der Waals surface area contributed by atoms with E-state index < -0.39 is 23.9 Å². The fourth-order valence-corrected chi connectivity index (χ4v) is 3.33. The van der Waals surface area contributed by atoms with Crippen LogP contribution in [-0.2, 0) is 20.9 Å². The molecule has 0 saturated heterocycles. The quantitative estimate of drug-likeness (QED) is 0.428. The molecule has 0 radical (unpaired) electrons. The summed E-state index contributed by atoms with van der Waals surface area (Å²) in [7, 11) is 0. The molecule has 1 aromatic rings. The van der Waals surface area contributed by atoms with Crippen LogP contribution in [0.15, 0.2) is 18.2 Å². The van der Waals surface area contributed by atoms with Crippen molar-refractivity contribution in [2.45, 2.75) is 12.6 Å². The first kappa shape index (κ1) is 22.7. The van der Waals surface area contributed by atoms with Gasteiger partial charge >= 0.3 is 17.9 Å². The van der Waals surface area contributed by atoms with Crippen molar-refractivity contribution in [3.05, 3.63) is 29.6 Å². The number of hydrogen-bond donors (Lipinski definition) is 4. The molecular weight excluding hydrogens is 384 g/mol. The maximum Gasteiger partial charge on any atom is 0.317 e. The van der Waals surface area contributed by atoms with E-state index in [4.69, 9.17) is 0 Å². The molecule has 0 fully saturated rings. The van der Waals surface area contributed by atoms with E-state index in [0.29, 0.717) is 24.5 Å². The SMILES string of the molecule is O=C(O)CN1CCN(CC(=O)O)Cc2cccc(n2)C(CO)N(CC(=O)O)CC1. The van der Waals surface area contributed by atoms with E-state index in [-0.39, 0.29) is 45.9 Å². The number of rotatable bonds is 7. The van der Waals surface area contributed by atoms with Gasteiger partial charge in [0.2, 0.25) is 0 Å². The average Bonchev–Trinajstić information content (AvgIpc) is 2.62. The largest absolute Gasteiger partial charge is 0.480 e. The van der Waals surface area contributed by atoms with Gasteiger partial charge in [-0.1, -0.05) is 6.07 Å². The molecule has 160 valence electrons. The molecule has 1 aliphatic rings. The highest BCUT2D eigenvalue weighted by molar-refractivity contribution is 5.70. The van der Waals surface area contributed by atoms with Gasteiger partial charge in [-0.3, -0.25) is 34.1 Å². The molecule has 0 amide bonds. The van der Waals surface area contributed by atoms with Gasteiger partial charge in [-0.25, -0.2) is 0 Å². The normalized spacial score (nSPS) is 19.8. The van der Waals surface area contributed by atoms with Gasteiger partial charge in [-0.05, 0) is 12.1 Å². The summed E-state index contributed by atoms with van der Waals surface area (Å²) in [6.07, 6.45) is 0. The zero-order valence-corrected chi connectivity index (χ0v) is 16.0. The van der Waals surface area contributed by atoms with Crippen LogP contribution in [0.3, 0.4) is 0 Å². The number of carboxylic acid groups (broad SMARTS) is 3. The maximum atomic E-state index is 11.3. The van der Waals surface area contributed by atoms with Crippen LogP contribution in [-0.4, -0.2) is 110 Å². The fraction of sp³-hybridized carbons (Fsp3) is 0.556. The minimum absolute atomic E-state index is 0.204. The van der Waals surface area contributed by atoms with E-state index in [2.05, 4.69) is 4.98 Å². The van der Waals surface area contributed by atoms with Crippen LogP contribution >= 0.6 is 0 Å². The average molecular weight is 410 g/mol. The summed E-state index contributed by atoms with van der Waals surface area (Å²) < 4.78 is 0. The summed E-state index contributed by atoms with van der Waals surface area (Å²) in [5, 5.41) is 37.5.